The summed E-state index contributed by atoms with van der Waals surface area (Å²) in [5.41, 5.74) is 3.42. The maximum atomic E-state index is 4.40. The zero-order chi connectivity index (χ0) is 13.1. The van der Waals surface area contributed by atoms with Crippen molar-refractivity contribution in [1.82, 2.24) is 20.1 Å². The quantitative estimate of drug-likeness (QED) is 0.898. The third-order valence-corrected chi connectivity index (χ3v) is 3.13. The van der Waals surface area contributed by atoms with Crippen LogP contribution >= 0.6 is 0 Å². The lowest BCUT2D eigenvalue weighted by atomic mass is 10.0. The molecule has 96 valence electrons. The van der Waals surface area contributed by atoms with Gasteiger partial charge < -0.3 is 5.32 Å². The normalized spacial score (nSPS) is 12.9. The van der Waals surface area contributed by atoms with Crippen LogP contribution in [0, 0.1) is 6.92 Å². The summed E-state index contributed by atoms with van der Waals surface area (Å²) >= 11 is 0. The highest BCUT2D eigenvalue weighted by Crippen LogP contribution is 2.24. The van der Waals surface area contributed by atoms with Gasteiger partial charge in [0.1, 0.15) is 0 Å². The molecular weight excluding hydrogens is 224 g/mol. The molecule has 0 amide bonds. The first-order valence-corrected chi connectivity index (χ1v) is 6.27. The molecule has 1 unspecified atom stereocenters. The molecule has 0 aliphatic carbocycles. The molecule has 0 spiro atoms. The summed E-state index contributed by atoms with van der Waals surface area (Å²) in [5.74, 6) is 0. The minimum atomic E-state index is 0.128. The van der Waals surface area contributed by atoms with Gasteiger partial charge in [-0.25, -0.2) is 0 Å². The fourth-order valence-electron chi connectivity index (χ4n) is 2.25. The lowest BCUT2D eigenvalue weighted by Crippen LogP contribution is -2.23. The van der Waals surface area contributed by atoms with E-state index in [1.54, 1.807) is 0 Å². The number of hydrogen-bond acceptors (Lipinski definition) is 3. The Labute approximate surface area is 108 Å². The van der Waals surface area contributed by atoms with E-state index in [-0.39, 0.29) is 6.04 Å². The Kier molecular flexibility index (Phi) is 3.77. The Morgan fingerprint density at radius 3 is 2.61 bits per heavy atom. The molecule has 2 aromatic heterocycles. The van der Waals surface area contributed by atoms with Crippen LogP contribution in [0.25, 0.3) is 0 Å². The van der Waals surface area contributed by atoms with Gasteiger partial charge in [-0.3, -0.25) is 9.67 Å². The third-order valence-electron chi connectivity index (χ3n) is 3.13. The number of nitrogens with one attached hydrogen (secondary N) is 1. The maximum Gasteiger partial charge on any atom is 0.0763 e. The predicted molar refractivity (Wildman–Crippen MR) is 72.5 cm³/mol. The molecule has 0 saturated heterocycles. The van der Waals surface area contributed by atoms with E-state index in [0.717, 1.165) is 5.69 Å². The highest BCUT2D eigenvalue weighted by Gasteiger charge is 2.19. The highest BCUT2D eigenvalue weighted by molar-refractivity contribution is 5.30. The lowest BCUT2D eigenvalue weighted by molar-refractivity contribution is 0.483. The summed E-state index contributed by atoms with van der Waals surface area (Å²) in [5, 5.41) is 7.75. The van der Waals surface area contributed by atoms with E-state index in [4.69, 9.17) is 0 Å². The van der Waals surface area contributed by atoms with Crippen LogP contribution in [0.4, 0.5) is 0 Å². The summed E-state index contributed by atoms with van der Waals surface area (Å²) in [6.45, 7) is 6.31. The first kappa shape index (κ1) is 12.8. The van der Waals surface area contributed by atoms with Crippen LogP contribution in [0.1, 0.15) is 42.9 Å². The van der Waals surface area contributed by atoms with Gasteiger partial charge in [0.15, 0.2) is 0 Å². The molecule has 1 atom stereocenters. The van der Waals surface area contributed by atoms with E-state index >= 15 is 0 Å². The SMILES string of the molecule is CNC(c1cccnc1C)c1ccnn1C(C)C. The van der Waals surface area contributed by atoms with Gasteiger partial charge in [-0.1, -0.05) is 6.07 Å². The molecule has 0 fully saturated rings. The topological polar surface area (TPSA) is 42.7 Å². The van der Waals surface area contributed by atoms with Crippen molar-refractivity contribution in [3.05, 3.63) is 47.5 Å². The fourth-order valence-corrected chi connectivity index (χ4v) is 2.25. The van der Waals surface area contributed by atoms with E-state index in [1.165, 1.54) is 11.3 Å². The molecule has 0 bridgehead atoms. The van der Waals surface area contributed by atoms with Crippen molar-refractivity contribution < 1.29 is 0 Å². The number of hydrogen-bond donors (Lipinski definition) is 1. The van der Waals surface area contributed by atoms with Crippen LogP contribution < -0.4 is 5.32 Å². The van der Waals surface area contributed by atoms with E-state index in [2.05, 4.69) is 41.4 Å². The first-order chi connectivity index (χ1) is 8.65. The van der Waals surface area contributed by atoms with Crippen molar-refractivity contribution in [3.8, 4) is 0 Å². The second-order valence-electron chi connectivity index (χ2n) is 4.69. The Bertz CT molecular complexity index is 516. The smallest absolute Gasteiger partial charge is 0.0763 e. The maximum absolute atomic E-state index is 4.40. The van der Waals surface area contributed by atoms with E-state index < -0.39 is 0 Å². The molecule has 0 radical (unpaired) electrons. The van der Waals surface area contributed by atoms with Gasteiger partial charge >= 0.3 is 0 Å². The average molecular weight is 244 g/mol. The lowest BCUT2D eigenvalue weighted by Gasteiger charge is -2.21. The minimum absolute atomic E-state index is 0.128. The van der Waals surface area contributed by atoms with Gasteiger partial charge in [-0.2, -0.15) is 5.10 Å². The monoisotopic (exact) mass is 244 g/mol. The summed E-state index contributed by atoms with van der Waals surface area (Å²) in [4.78, 5) is 4.36. The Morgan fingerprint density at radius 2 is 2.00 bits per heavy atom. The zero-order valence-corrected chi connectivity index (χ0v) is 11.4. The molecule has 1 N–H and O–H groups in total. The van der Waals surface area contributed by atoms with Gasteiger partial charge in [0, 0.05) is 24.1 Å². The zero-order valence-electron chi connectivity index (χ0n) is 11.4. The highest BCUT2D eigenvalue weighted by atomic mass is 15.3. The number of aromatic nitrogens is 3. The molecule has 4 nitrogen and oxygen atoms in total. The molecule has 2 heterocycles. The first-order valence-electron chi connectivity index (χ1n) is 6.27. The standard InChI is InChI=1S/C14H20N4/c1-10(2)18-13(7-9-17-18)14(15-4)12-6-5-8-16-11(12)3/h5-10,14-15H,1-4H3. The third kappa shape index (κ3) is 2.29. The summed E-state index contributed by atoms with van der Waals surface area (Å²) in [6, 6.07) is 6.63. The largest absolute Gasteiger partial charge is 0.308 e. The molecule has 2 aromatic rings. The van der Waals surface area contributed by atoms with Crippen LogP contribution in [0.15, 0.2) is 30.6 Å². The summed E-state index contributed by atoms with van der Waals surface area (Å²) in [6.07, 6.45) is 3.68. The Hall–Kier alpha value is -1.68. The molecule has 2 rings (SSSR count). The van der Waals surface area contributed by atoms with Crippen molar-refractivity contribution in [2.24, 2.45) is 0 Å². The molecule has 0 aromatic carbocycles. The Morgan fingerprint density at radius 1 is 1.22 bits per heavy atom. The van der Waals surface area contributed by atoms with Crippen molar-refractivity contribution in [2.75, 3.05) is 7.05 Å². The van der Waals surface area contributed by atoms with Crippen LogP contribution in [-0.4, -0.2) is 21.8 Å². The van der Waals surface area contributed by atoms with E-state index in [0.29, 0.717) is 6.04 Å². The average Bonchev–Trinajstić information content (AvgIpc) is 2.82. The van der Waals surface area contributed by atoms with Gasteiger partial charge in [-0.05, 0) is 45.5 Å². The van der Waals surface area contributed by atoms with E-state index in [1.807, 2.05) is 37.1 Å². The number of pyridine rings is 1. The molecule has 4 heteroatoms. The van der Waals surface area contributed by atoms with Crippen molar-refractivity contribution in [1.29, 1.82) is 0 Å². The van der Waals surface area contributed by atoms with Crippen molar-refractivity contribution in [2.45, 2.75) is 32.9 Å². The van der Waals surface area contributed by atoms with Crippen LogP contribution in [0.3, 0.4) is 0 Å². The number of rotatable bonds is 4. The molecular formula is C14H20N4. The second kappa shape index (κ2) is 5.31. The molecule has 0 aliphatic heterocycles. The summed E-state index contributed by atoms with van der Waals surface area (Å²) < 4.78 is 2.05. The van der Waals surface area contributed by atoms with Gasteiger partial charge in [-0.15, -0.1) is 0 Å². The van der Waals surface area contributed by atoms with Crippen molar-refractivity contribution >= 4 is 0 Å². The van der Waals surface area contributed by atoms with Crippen LogP contribution in [0.2, 0.25) is 0 Å². The van der Waals surface area contributed by atoms with Crippen molar-refractivity contribution in [3.63, 3.8) is 0 Å². The van der Waals surface area contributed by atoms with E-state index in [9.17, 15) is 0 Å². The Balaban J connectivity index is 2.46. The molecule has 18 heavy (non-hydrogen) atoms. The van der Waals surface area contributed by atoms with Gasteiger partial charge in [0.05, 0.1) is 11.7 Å². The molecule has 0 saturated carbocycles. The predicted octanol–water partition coefficient (Wildman–Crippen LogP) is 2.48. The van der Waals surface area contributed by atoms with Gasteiger partial charge in [0.25, 0.3) is 0 Å². The van der Waals surface area contributed by atoms with Crippen LogP contribution in [0.5, 0.6) is 0 Å². The molecule has 0 aliphatic rings. The number of nitrogens with zero attached hydrogens (tertiary/aromatic N) is 3. The second-order valence-corrected chi connectivity index (χ2v) is 4.69. The van der Waals surface area contributed by atoms with Crippen LogP contribution in [-0.2, 0) is 0 Å². The summed E-state index contributed by atoms with van der Waals surface area (Å²) in [7, 11) is 1.97. The number of aryl methyl sites for hydroxylation is 1. The minimum Gasteiger partial charge on any atom is -0.308 e. The van der Waals surface area contributed by atoms with Gasteiger partial charge in [0.2, 0.25) is 0 Å². The fraction of sp³-hybridized carbons (Fsp3) is 0.429.